The Balaban J connectivity index is 2.11. The zero-order valence-corrected chi connectivity index (χ0v) is 11.8. The van der Waals surface area contributed by atoms with E-state index in [9.17, 15) is 4.39 Å². The zero-order valence-electron chi connectivity index (χ0n) is 11.1. The van der Waals surface area contributed by atoms with E-state index in [1.807, 2.05) is 13.2 Å². The van der Waals surface area contributed by atoms with E-state index in [1.165, 1.54) is 12.1 Å². The molecule has 3 aromatic rings. The number of nitrogens with two attached hydrogens (primary N) is 1. The normalized spacial score (nSPS) is 10.8. The van der Waals surface area contributed by atoms with Gasteiger partial charge in [0.25, 0.3) is 0 Å². The first-order chi connectivity index (χ1) is 10.0. The quantitative estimate of drug-likeness (QED) is 0.790. The van der Waals surface area contributed by atoms with E-state index < -0.39 is 5.82 Å². The van der Waals surface area contributed by atoms with Crippen molar-refractivity contribution in [1.29, 1.82) is 0 Å². The second kappa shape index (κ2) is 5.14. The second-order valence-corrected chi connectivity index (χ2v) is 4.94. The molecule has 2 aromatic heterocycles. The summed E-state index contributed by atoms with van der Waals surface area (Å²) in [7, 11) is 1.81. The molecule has 0 amide bonds. The molecule has 3 rings (SSSR count). The van der Waals surface area contributed by atoms with Crippen molar-refractivity contribution in [3.8, 4) is 22.6 Å². The number of nitrogen functional groups attached to an aromatic ring is 1. The molecular weight excluding hydrogens is 293 g/mol. The Labute approximate surface area is 125 Å². The number of halogens is 2. The average molecular weight is 304 g/mol. The molecule has 0 unspecified atom stereocenters. The van der Waals surface area contributed by atoms with E-state index in [1.54, 1.807) is 23.0 Å². The molecule has 0 saturated carbocycles. The first-order valence-electron chi connectivity index (χ1n) is 6.12. The van der Waals surface area contributed by atoms with Gasteiger partial charge in [-0.05, 0) is 18.2 Å². The van der Waals surface area contributed by atoms with Crippen molar-refractivity contribution in [3.05, 3.63) is 47.5 Å². The van der Waals surface area contributed by atoms with Crippen LogP contribution in [0.2, 0.25) is 5.02 Å². The maximum Gasteiger partial charge on any atom is 0.162 e. The van der Waals surface area contributed by atoms with Crippen molar-refractivity contribution in [2.45, 2.75) is 0 Å². The summed E-state index contributed by atoms with van der Waals surface area (Å²) in [5.74, 6) is 0.215. The van der Waals surface area contributed by atoms with Crippen LogP contribution in [0.25, 0.3) is 22.6 Å². The molecule has 0 aliphatic heterocycles. The molecule has 0 atom stereocenters. The van der Waals surface area contributed by atoms with Crippen LogP contribution < -0.4 is 5.73 Å². The van der Waals surface area contributed by atoms with E-state index in [-0.39, 0.29) is 5.02 Å². The fourth-order valence-electron chi connectivity index (χ4n) is 1.93. The van der Waals surface area contributed by atoms with E-state index in [0.717, 1.165) is 5.56 Å². The van der Waals surface area contributed by atoms with Crippen LogP contribution in [0.4, 0.5) is 10.2 Å². The maximum absolute atomic E-state index is 13.2. The van der Waals surface area contributed by atoms with Crippen LogP contribution in [0.1, 0.15) is 0 Å². The molecule has 2 N–H and O–H groups in total. The molecule has 0 spiro atoms. The summed E-state index contributed by atoms with van der Waals surface area (Å²) in [5.41, 5.74) is 7.88. The summed E-state index contributed by atoms with van der Waals surface area (Å²) >= 11 is 5.79. The van der Waals surface area contributed by atoms with E-state index >= 15 is 0 Å². The number of nitrogens with zero attached hydrogens (tertiary/aromatic N) is 4. The molecular formula is C14H11ClFN5. The number of benzene rings is 1. The summed E-state index contributed by atoms with van der Waals surface area (Å²) < 4.78 is 14.9. The molecule has 106 valence electrons. The molecule has 21 heavy (non-hydrogen) atoms. The molecule has 0 bridgehead atoms. The smallest absolute Gasteiger partial charge is 0.162 e. The number of aromatic nitrogens is 4. The van der Waals surface area contributed by atoms with Crippen molar-refractivity contribution in [1.82, 2.24) is 19.7 Å². The fraction of sp³-hybridized carbons (Fsp3) is 0.0714. The van der Waals surface area contributed by atoms with Gasteiger partial charge in [0, 0.05) is 30.4 Å². The van der Waals surface area contributed by atoms with E-state index in [2.05, 4.69) is 15.1 Å². The van der Waals surface area contributed by atoms with Gasteiger partial charge in [0.15, 0.2) is 5.82 Å². The lowest BCUT2D eigenvalue weighted by Gasteiger charge is -2.05. The highest BCUT2D eigenvalue weighted by atomic mass is 35.5. The Bertz CT molecular complexity index is 815. The predicted octanol–water partition coefficient (Wildman–Crippen LogP) is 2.92. The van der Waals surface area contributed by atoms with Crippen LogP contribution >= 0.6 is 11.6 Å². The van der Waals surface area contributed by atoms with Gasteiger partial charge in [0.1, 0.15) is 11.6 Å². The molecule has 0 aliphatic carbocycles. The fourth-order valence-corrected chi connectivity index (χ4v) is 2.11. The van der Waals surface area contributed by atoms with Crippen molar-refractivity contribution < 1.29 is 4.39 Å². The minimum Gasteiger partial charge on any atom is -0.384 e. The van der Waals surface area contributed by atoms with Crippen molar-refractivity contribution in [2.24, 2.45) is 7.05 Å². The topological polar surface area (TPSA) is 69.6 Å². The number of hydrogen-bond acceptors (Lipinski definition) is 4. The van der Waals surface area contributed by atoms with Gasteiger partial charge in [0.2, 0.25) is 0 Å². The van der Waals surface area contributed by atoms with Gasteiger partial charge < -0.3 is 5.73 Å². The molecule has 0 fully saturated rings. The average Bonchev–Trinajstić information content (AvgIpc) is 2.88. The third-order valence-corrected chi connectivity index (χ3v) is 3.21. The Kier molecular flexibility index (Phi) is 3.31. The van der Waals surface area contributed by atoms with Crippen LogP contribution in [0, 0.1) is 5.82 Å². The summed E-state index contributed by atoms with van der Waals surface area (Å²) in [6.07, 6.45) is 3.51. The van der Waals surface area contributed by atoms with Gasteiger partial charge >= 0.3 is 0 Å². The van der Waals surface area contributed by atoms with Crippen molar-refractivity contribution in [2.75, 3.05) is 5.73 Å². The maximum atomic E-state index is 13.2. The molecule has 0 aliphatic rings. The third-order valence-electron chi connectivity index (χ3n) is 2.92. The number of aryl methyl sites for hydroxylation is 1. The predicted molar refractivity (Wildman–Crippen MR) is 79.1 cm³/mol. The lowest BCUT2D eigenvalue weighted by Crippen LogP contribution is -1.98. The Morgan fingerprint density at radius 2 is 2.00 bits per heavy atom. The van der Waals surface area contributed by atoms with Gasteiger partial charge in [0.05, 0.1) is 16.9 Å². The molecule has 1 aromatic carbocycles. The Hall–Kier alpha value is -2.47. The standard InChI is InChI=1S/C14H11ClFN5/c1-21-7-9(6-18-21)12-5-13(17)20-14(19-12)8-2-3-11(16)10(15)4-8/h2-7H,1H3,(H2,17,19,20). The Morgan fingerprint density at radius 3 is 2.67 bits per heavy atom. The third kappa shape index (κ3) is 2.71. The molecule has 0 radical (unpaired) electrons. The molecule has 0 saturated heterocycles. The highest BCUT2D eigenvalue weighted by Crippen LogP contribution is 2.26. The van der Waals surface area contributed by atoms with E-state index in [0.29, 0.717) is 22.9 Å². The van der Waals surface area contributed by atoms with Crippen LogP contribution in [-0.2, 0) is 7.05 Å². The SMILES string of the molecule is Cn1cc(-c2cc(N)nc(-c3ccc(F)c(Cl)c3)n2)cn1. The summed E-state index contributed by atoms with van der Waals surface area (Å²) in [5, 5.41) is 4.11. The number of rotatable bonds is 2. The molecule has 5 nitrogen and oxygen atoms in total. The van der Waals surface area contributed by atoms with Gasteiger partial charge in [-0.3, -0.25) is 4.68 Å². The zero-order chi connectivity index (χ0) is 15.0. The minimum atomic E-state index is -0.489. The monoisotopic (exact) mass is 303 g/mol. The van der Waals surface area contributed by atoms with Crippen LogP contribution in [-0.4, -0.2) is 19.7 Å². The number of hydrogen-bond donors (Lipinski definition) is 1. The lowest BCUT2D eigenvalue weighted by atomic mass is 10.2. The largest absolute Gasteiger partial charge is 0.384 e. The van der Waals surface area contributed by atoms with Gasteiger partial charge in [-0.1, -0.05) is 11.6 Å². The van der Waals surface area contributed by atoms with E-state index in [4.69, 9.17) is 17.3 Å². The first kappa shape index (κ1) is 13.5. The first-order valence-corrected chi connectivity index (χ1v) is 6.50. The van der Waals surface area contributed by atoms with Gasteiger partial charge in [-0.15, -0.1) is 0 Å². The van der Waals surface area contributed by atoms with Crippen LogP contribution in [0.15, 0.2) is 36.7 Å². The highest BCUT2D eigenvalue weighted by molar-refractivity contribution is 6.31. The van der Waals surface area contributed by atoms with Gasteiger partial charge in [-0.2, -0.15) is 5.10 Å². The van der Waals surface area contributed by atoms with Crippen molar-refractivity contribution >= 4 is 17.4 Å². The second-order valence-electron chi connectivity index (χ2n) is 4.53. The summed E-state index contributed by atoms with van der Waals surface area (Å²) in [4.78, 5) is 8.60. The lowest BCUT2D eigenvalue weighted by molar-refractivity contribution is 0.628. The van der Waals surface area contributed by atoms with Crippen LogP contribution in [0.5, 0.6) is 0 Å². The molecule has 2 heterocycles. The minimum absolute atomic E-state index is 0.0152. The number of anilines is 1. The van der Waals surface area contributed by atoms with Crippen molar-refractivity contribution in [3.63, 3.8) is 0 Å². The highest BCUT2D eigenvalue weighted by Gasteiger charge is 2.10. The Morgan fingerprint density at radius 1 is 1.19 bits per heavy atom. The summed E-state index contributed by atoms with van der Waals surface area (Å²) in [6, 6.07) is 5.96. The van der Waals surface area contributed by atoms with Crippen LogP contribution in [0.3, 0.4) is 0 Å². The van der Waals surface area contributed by atoms with Gasteiger partial charge in [-0.25, -0.2) is 14.4 Å². The molecule has 7 heteroatoms. The summed E-state index contributed by atoms with van der Waals surface area (Å²) in [6.45, 7) is 0.